The second-order valence-electron chi connectivity index (χ2n) is 8.42. The Morgan fingerprint density at radius 2 is 1.94 bits per heavy atom. The smallest absolute Gasteiger partial charge is 0.159 e. The monoisotopic (exact) mass is 469 g/mol. The van der Waals surface area contributed by atoms with Gasteiger partial charge in [0.25, 0.3) is 0 Å². The maximum atomic E-state index is 15.1. The number of aromatic amines is 2. The van der Waals surface area contributed by atoms with Gasteiger partial charge >= 0.3 is 0 Å². The molecule has 7 nitrogen and oxygen atoms in total. The third kappa shape index (κ3) is 3.55. The maximum absolute atomic E-state index is 15.1. The van der Waals surface area contributed by atoms with Crippen molar-refractivity contribution in [2.75, 3.05) is 14.1 Å². The number of aromatic nitrogens is 6. The number of imidazole rings is 1. The van der Waals surface area contributed by atoms with Crippen LogP contribution < -0.4 is 0 Å². The van der Waals surface area contributed by atoms with Crippen LogP contribution in [0.25, 0.3) is 55.8 Å². The fourth-order valence-electron chi connectivity index (χ4n) is 4.18. The van der Waals surface area contributed by atoms with E-state index in [1.165, 1.54) is 6.07 Å². The second kappa shape index (κ2) is 8.12. The molecule has 34 heavy (non-hydrogen) atoms. The molecule has 0 bridgehead atoms. The molecule has 168 valence electrons. The van der Waals surface area contributed by atoms with Crippen LogP contribution in [0.2, 0.25) is 0 Å². The highest BCUT2D eigenvalue weighted by molar-refractivity contribution is 7.08. The Hall–Kier alpha value is -3.95. The van der Waals surface area contributed by atoms with Crippen LogP contribution >= 0.6 is 11.3 Å². The van der Waals surface area contributed by atoms with E-state index in [0.29, 0.717) is 22.6 Å². The van der Waals surface area contributed by atoms with E-state index in [1.807, 2.05) is 49.1 Å². The molecule has 6 rings (SSSR count). The minimum absolute atomic E-state index is 0.333. The number of fused-ring (bicyclic) bond motifs is 2. The van der Waals surface area contributed by atoms with Gasteiger partial charge < -0.3 is 9.88 Å². The minimum atomic E-state index is -0.333. The first kappa shape index (κ1) is 20.6. The van der Waals surface area contributed by atoms with Gasteiger partial charge in [-0.25, -0.2) is 9.37 Å². The van der Waals surface area contributed by atoms with Crippen LogP contribution in [0, 0.1) is 5.82 Å². The van der Waals surface area contributed by atoms with Crippen molar-refractivity contribution in [1.29, 1.82) is 0 Å². The second-order valence-corrected chi connectivity index (χ2v) is 9.20. The predicted molar refractivity (Wildman–Crippen MR) is 133 cm³/mol. The Morgan fingerprint density at radius 1 is 1.03 bits per heavy atom. The molecule has 0 saturated heterocycles. The van der Waals surface area contributed by atoms with E-state index >= 15 is 4.39 Å². The molecule has 0 aliphatic carbocycles. The number of hydrogen-bond acceptors (Lipinski definition) is 6. The number of rotatable bonds is 5. The summed E-state index contributed by atoms with van der Waals surface area (Å²) < 4.78 is 15.1. The van der Waals surface area contributed by atoms with Gasteiger partial charge in [0.2, 0.25) is 0 Å². The summed E-state index contributed by atoms with van der Waals surface area (Å²) in [4.78, 5) is 19.1. The Morgan fingerprint density at radius 3 is 2.76 bits per heavy atom. The fraction of sp³-hybridized carbons (Fsp3) is 0.120. The third-order valence-corrected chi connectivity index (χ3v) is 6.36. The minimum Gasteiger partial charge on any atom is -0.336 e. The first-order valence-electron chi connectivity index (χ1n) is 10.7. The van der Waals surface area contributed by atoms with Crippen molar-refractivity contribution in [2.45, 2.75) is 6.54 Å². The summed E-state index contributed by atoms with van der Waals surface area (Å²) in [5, 5.41) is 12.2. The van der Waals surface area contributed by atoms with E-state index in [2.05, 4.69) is 30.0 Å². The number of H-pyrrole nitrogens is 2. The van der Waals surface area contributed by atoms with Gasteiger partial charge in [-0.3, -0.25) is 15.1 Å². The van der Waals surface area contributed by atoms with Gasteiger partial charge in [0.15, 0.2) is 5.82 Å². The number of hydrogen-bond donors (Lipinski definition) is 2. The fourth-order valence-corrected chi connectivity index (χ4v) is 4.82. The van der Waals surface area contributed by atoms with Crippen molar-refractivity contribution in [3.63, 3.8) is 0 Å². The molecule has 5 heterocycles. The number of benzene rings is 1. The Balaban J connectivity index is 1.48. The largest absolute Gasteiger partial charge is 0.336 e. The lowest BCUT2D eigenvalue weighted by Gasteiger charge is -2.11. The van der Waals surface area contributed by atoms with E-state index < -0.39 is 0 Å². The van der Waals surface area contributed by atoms with E-state index in [9.17, 15) is 0 Å². The maximum Gasteiger partial charge on any atom is 0.159 e. The van der Waals surface area contributed by atoms with Crippen LogP contribution in [0.15, 0.2) is 59.7 Å². The SMILES string of the molecule is CN(C)Cc1cncc(-c2cc3c(-c4nc5c(-c6ccsc6)nccc5[nH]4)n[nH]c3cc2F)c1. The van der Waals surface area contributed by atoms with Gasteiger partial charge in [-0.15, -0.1) is 0 Å². The number of pyridine rings is 2. The van der Waals surface area contributed by atoms with E-state index in [0.717, 1.165) is 45.3 Å². The summed E-state index contributed by atoms with van der Waals surface area (Å²) in [7, 11) is 3.98. The average molecular weight is 470 g/mol. The van der Waals surface area contributed by atoms with Crippen molar-refractivity contribution in [2.24, 2.45) is 0 Å². The lowest BCUT2D eigenvalue weighted by Crippen LogP contribution is -2.10. The van der Waals surface area contributed by atoms with Gasteiger partial charge in [-0.1, -0.05) is 0 Å². The number of nitrogens with one attached hydrogen (secondary N) is 2. The molecular formula is C25H20FN7S. The third-order valence-electron chi connectivity index (χ3n) is 5.68. The Labute approximate surface area is 198 Å². The molecule has 0 radical (unpaired) electrons. The van der Waals surface area contributed by atoms with Crippen molar-refractivity contribution in [3.8, 4) is 33.9 Å². The zero-order chi connectivity index (χ0) is 23.2. The molecule has 0 aliphatic rings. The first-order valence-corrected chi connectivity index (χ1v) is 11.7. The molecule has 0 aliphatic heterocycles. The molecule has 0 saturated carbocycles. The normalized spacial score (nSPS) is 11.8. The average Bonchev–Trinajstić information content (AvgIpc) is 3.57. The molecule has 5 aromatic heterocycles. The molecule has 0 fully saturated rings. The van der Waals surface area contributed by atoms with Crippen LogP contribution in [-0.2, 0) is 6.54 Å². The van der Waals surface area contributed by atoms with E-state index in [1.54, 1.807) is 29.9 Å². The number of nitrogens with zero attached hydrogens (tertiary/aromatic N) is 5. The molecular weight excluding hydrogens is 449 g/mol. The van der Waals surface area contributed by atoms with E-state index in [-0.39, 0.29) is 5.82 Å². The van der Waals surface area contributed by atoms with Gasteiger partial charge in [-0.05, 0) is 49.3 Å². The molecule has 0 spiro atoms. The van der Waals surface area contributed by atoms with Crippen LogP contribution in [0.4, 0.5) is 4.39 Å². The molecule has 1 aromatic carbocycles. The Bertz CT molecular complexity index is 1630. The van der Waals surface area contributed by atoms with Crippen molar-refractivity contribution in [1.82, 2.24) is 35.0 Å². The summed E-state index contributed by atoms with van der Waals surface area (Å²) >= 11 is 1.62. The molecule has 6 aromatic rings. The van der Waals surface area contributed by atoms with Gasteiger partial charge in [-0.2, -0.15) is 16.4 Å². The first-order chi connectivity index (χ1) is 16.6. The van der Waals surface area contributed by atoms with Crippen molar-refractivity contribution >= 4 is 33.3 Å². The van der Waals surface area contributed by atoms with Crippen LogP contribution in [-0.4, -0.2) is 49.1 Å². The summed E-state index contributed by atoms with van der Waals surface area (Å²) in [5.41, 5.74) is 6.91. The highest BCUT2D eigenvalue weighted by Crippen LogP contribution is 2.34. The van der Waals surface area contributed by atoms with Gasteiger partial charge in [0.1, 0.15) is 17.0 Å². The lowest BCUT2D eigenvalue weighted by molar-refractivity contribution is 0.402. The molecule has 9 heteroatoms. The van der Waals surface area contributed by atoms with Crippen molar-refractivity contribution in [3.05, 3.63) is 71.1 Å². The molecule has 0 atom stereocenters. The van der Waals surface area contributed by atoms with Crippen LogP contribution in [0.5, 0.6) is 0 Å². The zero-order valence-corrected chi connectivity index (χ0v) is 19.3. The van der Waals surface area contributed by atoms with Crippen LogP contribution in [0.1, 0.15) is 5.56 Å². The quantitative estimate of drug-likeness (QED) is 0.349. The molecule has 2 N–H and O–H groups in total. The summed E-state index contributed by atoms with van der Waals surface area (Å²) in [6, 6.07) is 9.17. The van der Waals surface area contributed by atoms with Crippen molar-refractivity contribution < 1.29 is 4.39 Å². The van der Waals surface area contributed by atoms with Gasteiger partial charge in [0.05, 0.1) is 16.7 Å². The zero-order valence-electron chi connectivity index (χ0n) is 18.5. The predicted octanol–water partition coefficient (Wildman–Crippen LogP) is 5.49. The molecule has 0 unspecified atom stereocenters. The lowest BCUT2D eigenvalue weighted by atomic mass is 10.0. The number of thiophene rings is 1. The molecule has 0 amide bonds. The summed E-state index contributed by atoms with van der Waals surface area (Å²) in [6.45, 7) is 0.723. The Kier molecular flexibility index (Phi) is 4.93. The number of halogens is 1. The topological polar surface area (TPSA) is 86.4 Å². The standard InChI is InChI=1S/C25H20FN7S/c1-33(2)12-14-7-16(11-27-10-14)17-8-18-21(9-19(17)26)31-32-23(18)25-29-20-3-5-28-22(24(20)30-25)15-4-6-34-13-15/h3-11,13H,12H2,1-2H3,(H,29,30)(H,31,32). The van der Waals surface area contributed by atoms with Crippen LogP contribution in [0.3, 0.4) is 0 Å². The summed E-state index contributed by atoms with van der Waals surface area (Å²) in [6.07, 6.45) is 5.25. The van der Waals surface area contributed by atoms with Gasteiger partial charge in [0, 0.05) is 58.7 Å². The highest BCUT2D eigenvalue weighted by Gasteiger charge is 2.18. The highest BCUT2D eigenvalue weighted by atomic mass is 32.1. The van der Waals surface area contributed by atoms with E-state index in [4.69, 9.17) is 4.98 Å². The summed E-state index contributed by atoms with van der Waals surface area (Å²) in [5.74, 6) is 0.267.